The van der Waals surface area contributed by atoms with E-state index in [1.54, 1.807) is 23.0 Å². The summed E-state index contributed by atoms with van der Waals surface area (Å²) in [5, 5.41) is 12.6. The van der Waals surface area contributed by atoms with Gasteiger partial charge in [-0.1, -0.05) is 0 Å². The zero-order chi connectivity index (χ0) is 9.84. The van der Waals surface area contributed by atoms with E-state index in [4.69, 9.17) is 5.26 Å². The maximum absolute atomic E-state index is 8.71. The number of rotatable bonds is 2. The molecule has 0 radical (unpaired) electrons. The lowest BCUT2D eigenvalue weighted by Crippen LogP contribution is -2.07. The molecule has 0 aliphatic rings. The molecule has 1 rings (SSSR count). The van der Waals surface area contributed by atoms with Gasteiger partial charge in [-0.15, -0.1) is 0 Å². The smallest absolute Gasteiger partial charge is 0.169 e. The van der Waals surface area contributed by atoms with Crippen molar-refractivity contribution in [3.05, 3.63) is 11.8 Å². The Hall–Kier alpha value is -1.83. The Kier molecular flexibility index (Phi) is 2.65. The predicted octanol–water partition coefficient (Wildman–Crippen LogP) is 0.513. The maximum atomic E-state index is 8.71. The third-order valence-electron chi connectivity index (χ3n) is 1.44. The first-order valence-corrected chi connectivity index (χ1v) is 3.78. The summed E-state index contributed by atoms with van der Waals surface area (Å²) in [7, 11) is 5.49. The monoisotopic (exact) mass is 177 g/mol. The Labute approximate surface area is 76.9 Å². The first-order chi connectivity index (χ1) is 6.15. The highest BCUT2D eigenvalue weighted by Crippen LogP contribution is 2.15. The fourth-order valence-electron chi connectivity index (χ4n) is 0.833. The van der Waals surface area contributed by atoms with Gasteiger partial charge in [0.05, 0.1) is 12.5 Å². The highest BCUT2D eigenvalue weighted by molar-refractivity contribution is 5.62. The average molecular weight is 177 g/mol. The summed E-state index contributed by atoms with van der Waals surface area (Å²) in [6.07, 6.45) is 3.14. The van der Waals surface area contributed by atoms with E-state index in [-0.39, 0.29) is 0 Å². The predicted molar refractivity (Wildman–Crippen MR) is 49.8 cm³/mol. The lowest BCUT2D eigenvalue weighted by atomic mass is 10.4. The van der Waals surface area contributed by atoms with Crippen LogP contribution in [0, 0.1) is 11.3 Å². The van der Waals surface area contributed by atoms with Crippen molar-refractivity contribution in [1.29, 1.82) is 5.26 Å². The minimum Gasteiger partial charge on any atom is -0.369 e. The molecule has 0 spiro atoms. The van der Waals surface area contributed by atoms with Crippen molar-refractivity contribution in [2.24, 2.45) is 12.0 Å². The lowest BCUT2D eigenvalue weighted by molar-refractivity contribution is 0.641. The number of nitrogens with zero attached hydrogens (tertiary/aromatic N) is 5. The van der Waals surface area contributed by atoms with E-state index in [1.807, 2.05) is 20.2 Å². The van der Waals surface area contributed by atoms with Crippen LogP contribution in [-0.4, -0.2) is 35.1 Å². The summed E-state index contributed by atoms with van der Waals surface area (Å²) < 4.78 is 1.57. The molecule has 0 aliphatic heterocycles. The summed E-state index contributed by atoms with van der Waals surface area (Å²) in [5.74, 6) is 0.580. The average Bonchev–Trinajstić information content (AvgIpc) is 2.43. The van der Waals surface area contributed by atoms with E-state index in [0.717, 1.165) is 0 Å². The summed E-state index contributed by atoms with van der Waals surface area (Å²) >= 11 is 0. The number of aliphatic imine (C=N–C) groups is 1. The van der Waals surface area contributed by atoms with Crippen LogP contribution in [0.25, 0.3) is 0 Å². The van der Waals surface area contributed by atoms with Crippen molar-refractivity contribution in [3.63, 3.8) is 0 Å². The molecule has 0 saturated carbocycles. The molecule has 0 unspecified atom stereocenters. The van der Waals surface area contributed by atoms with Gasteiger partial charge in [-0.25, -0.2) is 9.67 Å². The van der Waals surface area contributed by atoms with Gasteiger partial charge in [-0.3, -0.25) is 0 Å². The van der Waals surface area contributed by atoms with Crippen LogP contribution in [0.1, 0.15) is 5.56 Å². The SMILES string of the molecule is CN(C)/C=N/c1c(C#N)cnn1C. The number of hydrogen-bond acceptors (Lipinski definition) is 3. The molecule has 13 heavy (non-hydrogen) atoms. The van der Waals surface area contributed by atoms with Crippen molar-refractivity contribution in [1.82, 2.24) is 14.7 Å². The van der Waals surface area contributed by atoms with Gasteiger partial charge in [-0.05, 0) is 0 Å². The van der Waals surface area contributed by atoms with E-state index in [9.17, 15) is 0 Å². The number of aryl methyl sites for hydroxylation is 1. The molecule has 5 heteroatoms. The molecule has 0 saturated heterocycles. The van der Waals surface area contributed by atoms with E-state index >= 15 is 0 Å². The maximum Gasteiger partial charge on any atom is 0.169 e. The molecule has 0 amide bonds. The summed E-state index contributed by atoms with van der Waals surface area (Å²) in [6.45, 7) is 0. The first kappa shape index (κ1) is 9.26. The van der Waals surface area contributed by atoms with Crippen LogP contribution >= 0.6 is 0 Å². The van der Waals surface area contributed by atoms with Crippen LogP contribution in [0.3, 0.4) is 0 Å². The van der Waals surface area contributed by atoms with Crippen molar-refractivity contribution < 1.29 is 0 Å². The van der Waals surface area contributed by atoms with Crippen molar-refractivity contribution in [2.75, 3.05) is 14.1 Å². The summed E-state index contributed by atoms with van der Waals surface area (Å²) in [5.41, 5.74) is 0.487. The number of nitriles is 1. The van der Waals surface area contributed by atoms with E-state index in [2.05, 4.69) is 10.1 Å². The van der Waals surface area contributed by atoms with Crippen LogP contribution in [0.4, 0.5) is 5.82 Å². The van der Waals surface area contributed by atoms with E-state index in [0.29, 0.717) is 11.4 Å². The third kappa shape index (κ3) is 2.06. The molecule has 0 atom stereocenters. The quantitative estimate of drug-likeness (QED) is 0.488. The normalized spacial score (nSPS) is 10.3. The Morgan fingerprint density at radius 2 is 2.38 bits per heavy atom. The molecule has 1 aromatic heterocycles. The second kappa shape index (κ2) is 3.72. The van der Waals surface area contributed by atoms with E-state index in [1.165, 1.54) is 6.20 Å². The van der Waals surface area contributed by atoms with Crippen molar-refractivity contribution >= 4 is 12.2 Å². The van der Waals surface area contributed by atoms with Gasteiger partial charge < -0.3 is 4.90 Å². The summed E-state index contributed by atoms with van der Waals surface area (Å²) in [6, 6.07) is 2.02. The number of hydrogen-bond donors (Lipinski definition) is 0. The highest BCUT2D eigenvalue weighted by Gasteiger charge is 2.04. The van der Waals surface area contributed by atoms with Gasteiger partial charge in [0.2, 0.25) is 0 Å². The molecule has 0 aromatic carbocycles. The van der Waals surface area contributed by atoms with Crippen molar-refractivity contribution in [2.45, 2.75) is 0 Å². The number of aromatic nitrogens is 2. The van der Waals surface area contributed by atoms with Gasteiger partial charge in [0.1, 0.15) is 11.6 Å². The Morgan fingerprint density at radius 3 is 2.92 bits per heavy atom. The Bertz CT molecular complexity index is 355. The van der Waals surface area contributed by atoms with Crippen molar-refractivity contribution in [3.8, 4) is 6.07 Å². The highest BCUT2D eigenvalue weighted by atomic mass is 15.3. The molecule has 0 aliphatic carbocycles. The standard InChI is InChI=1S/C8H11N5/c1-12(2)6-10-8-7(4-9)5-11-13(8)3/h5-6H,1-3H3/b10-6+. The summed E-state index contributed by atoms with van der Waals surface area (Å²) in [4.78, 5) is 5.91. The molecule has 0 bridgehead atoms. The molecule has 1 aromatic rings. The minimum atomic E-state index is 0.487. The van der Waals surface area contributed by atoms with Gasteiger partial charge in [0, 0.05) is 21.1 Å². The fourth-order valence-corrected chi connectivity index (χ4v) is 0.833. The fraction of sp³-hybridized carbons (Fsp3) is 0.375. The van der Waals surface area contributed by atoms with Crippen LogP contribution in [0.15, 0.2) is 11.2 Å². The van der Waals surface area contributed by atoms with Crippen LogP contribution in [0.5, 0.6) is 0 Å². The minimum absolute atomic E-state index is 0.487. The van der Waals surface area contributed by atoms with Gasteiger partial charge in [0.25, 0.3) is 0 Å². The lowest BCUT2D eigenvalue weighted by Gasteiger charge is -2.02. The second-order valence-corrected chi connectivity index (χ2v) is 2.83. The van der Waals surface area contributed by atoms with E-state index < -0.39 is 0 Å². The van der Waals surface area contributed by atoms with Crippen LogP contribution in [-0.2, 0) is 7.05 Å². The molecule has 0 fully saturated rings. The van der Waals surface area contributed by atoms with Crippen LogP contribution in [0.2, 0.25) is 0 Å². The zero-order valence-corrected chi connectivity index (χ0v) is 7.89. The van der Waals surface area contributed by atoms with Gasteiger partial charge >= 0.3 is 0 Å². The molecule has 68 valence electrons. The molecule has 0 N–H and O–H groups in total. The largest absolute Gasteiger partial charge is 0.369 e. The Balaban J connectivity index is 3.00. The van der Waals surface area contributed by atoms with Crippen LogP contribution < -0.4 is 0 Å². The first-order valence-electron chi connectivity index (χ1n) is 3.78. The second-order valence-electron chi connectivity index (χ2n) is 2.83. The zero-order valence-electron chi connectivity index (χ0n) is 7.89. The van der Waals surface area contributed by atoms with Gasteiger partial charge in [-0.2, -0.15) is 10.4 Å². The molecular formula is C8H11N5. The third-order valence-corrected chi connectivity index (χ3v) is 1.44. The molecular weight excluding hydrogens is 166 g/mol. The molecule has 5 nitrogen and oxygen atoms in total. The topological polar surface area (TPSA) is 57.2 Å². The molecule has 1 heterocycles. The Morgan fingerprint density at radius 1 is 1.69 bits per heavy atom. The van der Waals surface area contributed by atoms with Gasteiger partial charge in [0.15, 0.2) is 5.82 Å².